The molecule has 0 N–H and O–H groups in total. The third kappa shape index (κ3) is 3.25. The highest BCUT2D eigenvalue weighted by Gasteiger charge is 2.28. The zero-order chi connectivity index (χ0) is 15.6. The Hall–Kier alpha value is -2.00. The van der Waals surface area contributed by atoms with E-state index < -0.39 is 10.0 Å². The Labute approximate surface area is 128 Å². The number of aromatic nitrogens is 3. The van der Waals surface area contributed by atoms with E-state index >= 15 is 0 Å². The Morgan fingerprint density at radius 1 is 1.23 bits per heavy atom. The lowest BCUT2D eigenvalue weighted by atomic mass is 10.4. The minimum absolute atomic E-state index is 0.134. The molecule has 0 spiro atoms. The van der Waals surface area contributed by atoms with Crippen LogP contribution in [0.5, 0.6) is 0 Å². The number of anilines is 1. The summed E-state index contributed by atoms with van der Waals surface area (Å²) in [6.45, 7) is 3.88. The molecule has 0 bridgehead atoms. The first kappa shape index (κ1) is 14.9. The van der Waals surface area contributed by atoms with E-state index in [2.05, 4.69) is 19.6 Å². The van der Waals surface area contributed by atoms with Crippen molar-refractivity contribution in [2.45, 2.75) is 12.7 Å². The summed E-state index contributed by atoms with van der Waals surface area (Å²) in [6, 6.07) is 3.40. The van der Waals surface area contributed by atoms with Gasteiger partial charge in [0.25, 0.3) is 0 Å². The lowest BCUT2D eigenvalue weighted by molar-refractivity contribution is 0.379. The first-order valence-electron chi connectivity index (χ1n) is 6.96. The molecule has 9 heteroatoms. The molecule has 0 saturated carbocycles. The van der Waals surface area contributed by atoms with E-state index in [9.17, 15) is 8.42 Å². The van der Waals surface area contributed by atoms with Crippen LogP contribution in [0.1, 0.15) is 11.4 Å². The summed E-state index contributed by atoms with van der Waals surface area (Å²) in [6.07, 6.45) is 3.09. The van der Waals surface area contributed by atoms with Crippen LogP contribution in [0.4, 0.5) is 5.95 Å². The lowest BCUT2D eigenvalue weighted by Crippen LogP contribution is -2.49. The standard InChI is InChI=1S/C13H17N5O3S/c1-11-2-4-14-13(15-11)17-5-7-18(8-6-17)22(19,20)10-12-3-9-21-16-12/h2-4,9H,5-8,10H2,1H3. The van der Waals surface area contributed by atoms with Gasteiger partial charge in [0.05, 0.1) is 5.69 Å². The van der Waals surface area contributed by atoms with Crippen LogP contribution in [0.3, 0.4) is 0 Å². The van der Waals surface area contributed by atoms with E-state index in [1.165, 1.54) is 10.6 Å². The highest BCUT2D eigenvalue weighted by Crippen LogP contribution is 2.15. The van der Waals surface area contributed by atoms with Gasteiger partial charge in [-0.2, -0.15) is 4.31 Å². The molecule has 0 aliphatic carbocycles. The molecule has 22 heavy (non-hydrogen) atoms. The number of piperazine rings is 1. The van der Waals surface area contributed by atoms with Gasteiger partial charge in [0.2, 0.25) is 16.0 Å². The third-order valence-electron chi connectivity index (χ3n) is 3.52. The van der Waals surface area contributed by atoms with Crippen molar-refractivity contribution in [2.24, 2.45) is 0 Å². The fourth-order valence-electron chi connectivity index (χ4n) is 2.34. The van der Waals surface area contributed by atoms with E-state index in [0.717, 1.165) is 5.69 Å². The van der Waals surface area contributed by atoms with Crippen molar-refractivity contribution in [3.8, 4) is 0 Å². The highest BCUT2D eigenvalue weighted by molar-refractivity contribution is 7.88. The van der Waals surface area contributed by atoms with Crippen molar-refractivity contribution >= 4 is 16.0 Å². The van der Waals surface area contributed by atoms with Gasteiger partial charge in [0, 0.05) is 44.1 Å². The number of nitrogens with zero attached hydrogens (tertiary/aromatic N) is 5. The summed E-state index contributed by atoms with van der Waals surface area (Å²) in [7, 11) is -3.38. The maximum atomic E-state index is 12.3. The van der Waals surface area contributed by atoms with Gasteiger partial charge in [-0.05, 0) is 13.0 Å². The minimum Gasteiger partial charge on any atom is -0.364 e. The van der Waals surface area contributed by atoms with Gasteiger partial charge >= 0.3 is 0 Å². The van der Waals surface area contributed by atoms with E-state index in [0.29, 0.717) is 37.8 Å². The van der Waals surface area contributed by atoms with E-state index in [-0.39, 0.29) is 5.75 Å². The van der Waals surface area contributed by atoms with Gasteiger partial charge in [-0.1, -0.05) is 5.16 Å². The maximum absolute atomic E-state index is 12.3. The molecule has 0 unspecified atom stereocenters. The molecule has 0 amide bonds. The predicted octanol–water partition coefficient (Wildman–Crippen LogP) is 0.425. The fraction of sp³-hybridized carbons (Fsp3) is 0.462. The van der Waals surface area contributed by atoms with E-state index in [1.807, 2.05) is 17.9 Å². The van der Waals surface area contributed by atoms with Crippen molar-refractivity contribution in [1.82, 2.24) is 19.4 Å². The van der Waals surface area contributed by atoms with Crippen molar-refractivity contribution in [1.29, 1.82) is 0 Å². The molecule has 1 saturated heterocycles. The second-order valence-corrected chi connectivity index (χ2v) is 7.10. The van der Waals surface area contributed by atoms with Crippen LogP contribution in [0.15, 0.2) is 29.1 Å². The average molecular weight is 323 g/mol. The molecule has 8 nitrogen and oxygen atoms in total. The van der Waals surface area contributed by atoms with Crippen LogP contribution in [-0.2, 0) is 15.8 Å². The van der Waals surface area contributed by atoms with Gasteiger partial charge < -0.3 is 9.42 Å². The quantitative estimate of drug-likeness (QED) is 0.805. The van der Waals surface area contributed by atoms with Gasteiger partial charge in [0.1, 0.15) is 12.0 Å². The first-order valence-corrected chi connectivity index (χ1v) is 8.57. The summed E-state index contributed by atoms with van der Waals surface area (Å²) < 4.78 is 30.8. The maximum Gasteiger partial charge on any atom is 0.225 e. The van der Waals surface area contributed by atoms with Crippen LogP contribution in [0, 0.1) is 6.92 Å². The summed E-state index contributed by atoms with van der Waals surface area (Å²) >= 11 is 0. The molecule has 2 aromatic heterocycles. The Bertz CT molecular complexity index is 724. The number of hydrogen-bond donors (Lipinski definition) is 0. The normalized spacial score (nSPS) is 16.9. The van der Waals surface area contributed by atoms with Gasteiger partial charge in [-0.3, -0.25) is 0 Å². The molecule has 1 fully saturated rings. The zero-order valence-electron chi connectivity index (χ0n) is 12.2. The van der Waals surface area contributed by atoms with Crippen LogP contribution in [-0.4, -0.2) is 54.0 Å². The largest absolute Gasteiger partial charge is 0.364 e. The SMILES string of the molecule is Cc1ccnc(N2CCN(S(=O)(=O)Cc3ccon3)CC2)n1. The van der Waals surface area contributed by atoms with Crippen LogP contribution in [0.2, 0.25) is 0 Å². The molecule has 1 aliphatic rings. The first-order chi connectivity index (χ1) is 10.5. The van der Waals surface area contributed by atoms with Gasteiger partial charge in [0.15, 0.2) is 0 Å². The topological polar surface area (TPSA) is 92.4 Å². The van der Waals surface area contributed by atoms with Crippen molar-refractivity contribution < 1.29 is 12.9 Å². The lowest BCUT2D eigenvalue weighted by Gasteiger charge is -2.33. The van der Waals surface area contributed by atoms with Crippen LogP contribution < -0.4 is 4.90 Å². The summed E-state index contributed by atoms with van der Waals surface area (Å²) in [5, 5.41) is 3.66. The molecule has 3 rings (SSSR count). The Morgan fingerprint density at radius 2 is 2.00 bits per heavy atom. The number of hydrogen-bond acceptors (Lipinski definition) is 7. The molecule has 2 aromatic rings. The second-order valence-electron chi connectivity index (χ2n) is 5.13. The van der Waals surface area contributed by atoms with Gasteiger partial charge in [-0.15, -0.1) is 0 Å². The minimum atomic E-state index is -3.38. The molecular formula is C13H17N5O3S. The number of sulfonamides is 1. The van der Waals surface area contributed by atoms with Crippen molar-refractivity contribution in [3.63, 3.8) is 0 Å². The van der Waals surface area contributed by atoms with E-state index in [1.54, 1.807) is 12.3 Å². The monoisotopic (exact) mass is 323 g/mol. The summed E-state index contributed by atoms with van der Waals surface area (Å²) in [5.74, 6) is 0.512. The van der Waals surface area contributed by atoms with Crippen LogP contribution >= 0.6 is 0 Å². The number of rotatable bonds is 4. The zero-order valence-corrected chi connectivity index (χ0v) is 13.0. The molecule has 0 atom stereocenters. The highest BCUT2D eigenvalue weighted by atomic mass is 32.2. The smallest absolute Gasteiger partial charge is 0.225 e. The summed E-state index contributed by atoms with van der Waals surface area (Å²) in [4.78, 5) is 10.6. The predicted molar refractivity (Wildman–Crippen MR) is 79.7 cm³/mol. The molecular weight excluding hydrogens is 306 g/mol. The Morgan fingerprint density at radius 3 is 2.64 bits per heavy atom. The molecule has 1 aliphatic heterocycles. The van der Waals surface area contributed by atoms with Gasteiger partial charge in [-0.25, -0.2) is 18.4 Å². The Balaban J connectivity index is 1.64. The fourth-order valence-corrected chi connectivity index (χ4v) is 3.77. The summed E-state index contributed by atoms with van der Waals surface area (Å²) in [5.41, 5.74) is 1.32. The molecule has 118 valence electrons. The van der Waals surface area contributed by atoms with Crippen LogP contribution in [0.25, 0.3) is 0 Å². The van der Waals surface area contributed by atoms with Crippen molar-refractivity contribution in [2.75, 3.05) is 31.1 Å². The Kier molecular flexibility index (Phi) is 4.08. The third-order valence-corrected chi connectivity index (χ3v) is 5.33. The average Bonchev–Trinajstić information content (AvgIpc) is 2.99. The van der Waals surface area contributed by atoms with E-state index in [4.69, 9.17) is 0 Å². The second kappa shape index (κ2) is 6.01. The molecule has 3 heterocycles. The molecule has 0 aromatic carbocycles. The molecule has 0 radical (unpaired) electrons. The number of aryl methyl sites for hydroxylation is 1. The van der Waals surface area contributed by atoms with Crippen molar-refractivity contribution in [3.05, 3.63) is 36.0 Å².